The van der Waals surface area contributed by atoms with E-state index >= 15 is 0 Å². The SMILES string of the molecule is Cc1c(O)cccc1C(=O)N1CC(O)CC1C(=O)O. The van der Waals surface area contributed by atoms with Gasteiger partial charge in [-0.05, 0) is 19.1 Å². The summed E-state index contributed by atoms with van der Waals surface area (Å²) < 4.78 is 0. The van der Waals surface area contributed by atoms with Crippen molar-refractivity contribution in [3.05, 3.63) is 29.3 Å². The Hall–Kier alpha value is -2.08. The van der Waals surface area contributed by atoms with E-state index in [4.69, 9.17) is 5.11 Å². The van der Waals surface area contributed by atoms with Crippen LogP contribution in [0.4, 0.5) is 0 Å². The molecule has 0 bridgehead atoms. The summed E-state index contributed by atoms with van der Waals surface area (Å²) in [7, 11) is 0. The molecule has 1 amide bonds. The number of aliphatic carboxylic acids is 1. The normalized spacial score (nSPS) is 22.5. The van der Waals surface area contributed by atoms with Gasteiger partial charge in [-0.3, -0.25) is 4.79 Å². The van der Waals surface area contributed by atoms with Crippen molar-refractivity contribution in [3.8, 4) is 5.75 Å². The van der Waals surface area contributed by atoms with Crippen molar-refractivity contribution >= 4 is 11.9 Å². The maximum atomic E-state index is 12.3. The molecule has 0 aliphatic carbocycles. The predicted octanol–water partition coefficient (Wildman–Crippen LogP) is 0.361. The molecular weight excluding hydrogens is 250 g/mol. The van der Waals surface area contributed by atoms with Crippen LogP contribution in [0.3, 0.4) is 0 Å². The van der Waals surface area contributed by atoms with Crippen molar-refractivity contribution in [1.29, 1.82) is 0 Å². The van der Waals surface area contributed by atoms with Gasteiger partial charge in [-0.1, -0.05) is 6.07 Å². The van der Waals surface area contributed by atoms with Crippen molar-refractivity contribution in [2.75, 3.05) is 6.54 Å². The van der Waals surface area contributed by atoms with Gasteiger partial charge in [0.1, 0.15) is 11.8 Å². The summed E-state index contributed by atoms with van der Waals surface area (Å²) in [5.41, 5.74) is 0.651. The number of carboxylic acids is 1. The lowest BCUT2D eigenvalue weighted by molar-refractivity contribution is -0.141. The number of hydrogen-bond acceptors (Lipinski definition) is 4. The number of benzene rings is 1. The number of phenolic OH excluding ortho intramolecular Hbond substituents is 1. The molecule has 0 saturated carbocycles. The summed E-state index contributed by atoms with van der Waals surface area (Å²) in [6, 6.07) is 3.49. The lowest BCUT2D eigenvalue weighted by Crippen LogP contribution is -2.40. The summed E-state index contributed by atoms with van der Waals surface area (Å²) in [6.07, 6.45) is -0.804. The molecule has 2 rings (SSSR count). The maximum absolute atomic E-state index is 12.3. The zero-order valence-corrected chi connectivity index (χ0v) is 10.4. The summed E-state index contributed by atoms with van der Waals surface area (Å²) >= 11 is 0. The summed E-state index contributed by atoms with van der Waals surface area (Å²) in [4.78, 5) is 24.5. The van der Waals surface area contributed by atoms with Crippen molar-refractivity contribution in [3.63, 3.8) is 0 Å². The first-order valence-corrected chi connectivity index (χ1v) is 5.92. The highest BCUT2D eigenvalue weighted by Gasteiger charge is 2.39. The van der Waals surface area contributed by atoms with Gasteiger partial charge in [-0.2, -0.15) is 0 Å². The molecule has 1 saturated heterocycles. The Bertz CT molecular complexity index is 528. The number of aromatic hydroxyl groups is 1. The van der Waals surface area contributed by atoms with Gasteiger partial charge in [-0.15, -0.1) is 0 Å². The minimum atomic E-state index is -1.14. The molecule has 102 valence electrons. The Labute approximate surface area is 109 Å². The van der Waals surface area contributed by atoms with E-state index in [2.05, 4.69) is 0 Å². The van der Waals surface area contributed by atoms with Gasteiger partial charge in [-0.25, -0.2) is 4.79 Å². The van der Waals surface area contributed by atoms with E-state index in [1.807, 2.05) is 0 Å². The highest BCUT2D eigenvalue weighted by molar-refractivity contribution is 5.98. The largest absolute Gasteiger partial charge is 0.508 e. The molecule has 3 N–H and O–H groups in total. The minimum Gasteiger partial charge on any atom is -0.508 e. The monoisotopic (exact) mass is 265 g/mol. The molecule has 0 radical (unpaired) electrons. The zero-order chi connectivity index (χ0) is 14.2. The smallest absolute Gasteiger partial charge is 0.326 e. The number of carbonyl (C=O) groups is 2. The minimum absolute atomic E-state index is 0.00903. The second-order valence-corrected chi connectivity index (χ2v) is 4.65. The maximum Gasteiger partial charge on any atom is 0.326 e. The number of aliphatic hydroxyl groups excluding tert-OH is 1. The van der Waals surface area contributed by atoms with Crippen LogP contribution in [-0.2, 0) is 4.79 Å². The zero-order valence-electron chi connectivity index (χ0n) is 10.4. The first kappa shape index (κ1) is 13.4. The van der Waals surface area contributed by atoms with Crippen LogP contribution in [0.15, 0.2) is 18.2 Å². The van der Waals surface area contributed by atoms with E-state index in [9.17, 15) is 19.8 Å². The summed E-state index contributed by atoms with van der Waals surface area (Å²) in [6.45, 7) is 1.58. The summed E-state index contributed by atoms with van der Waals surface area (Å²) in [5, 5.41) is 28.2. The molecule has 0 spiro atoms. The quantitative estimate of drug-likeness (QED) is 0.717. The number of carbonyl (C=O) groups excluding carboxylic acids is 1. The Morgan fingerprint density at radius 3 is 2.68 bits per heavy atom. The Morgan fingerprint density at radius 2 is 2.05 bits per heavy atom. The molecule has 0 aromatic heterocycles. The number of nitrogens with zero attached hydrogens (tertiary/aromatic N) is 1. The highest BCUT2D eigenvalue weighted by Crippen LogP contribution is 2.25. The second kappa shape index (κ2) is 4.89. The van der Waals surface area contributed by atoms with Crippen molar-refractivity contribution < 1.29 is 24.9 Å². The molecule has 2 unspecified atom stereocenters. The molecule has 1 aromatic rings. The van der Waals surface area contributed by atoms with Crippen LogP contribution in [0.2, 0.25) is 0 Å². The first-order chi connectivity index (χ1) is 8.91. The van der Waals surface area contributed by atoms with Gasteiger partial charge in [0.15, 0.2) is 0 Å². The van der Waals surface area contributed by atoms with Gasteiger partial charge in [0.2, 0.25) is 0 Å². The topological polar surface area (TPSA) is 98.1 Å². The second-order valence-electron chi connectivity index (χ2n) is 4.65. The number of aliphatic hydroxyl groups is 1. The van der Waals surface area contributed by atoms with Gasteiger partial charge in [0, 0.05) is 24.1 Å². The van der Waals surface area contributed by atoms with E-state index in [1.165, 1.54) is 18.2 Å². The van der Waals surface area contributed by atoms with Crippen LogP contribution in [0.1, 0.15) is 22.3 Å². The Morgan fingerprint density at radius 1 is 1.37 bits per heavy atom. The fraction of sp³-hybridized carbons (Fsp3) is 0.385. The van der Waals surface area contributed by atoms with Crippen molar-refractivity contribution in [1.82, 2.24) is 4.90 Å². The van der Waals surface area contributed by atoms with Crippen molar-refractivity contribution in [2.45, 2.75) is 25.5 Å². The molecule has 1 fully saturated rings. The van der Waals surface area contributed by atoms with Gasteiger partial charge >= 0.3 is 5.97 Å². The third-order valence-electron chi connectivity index (χ3n) is 3.36. The Kier molecular flexibility index (Phi) is 3.44. The van der Waals surface area contributed by atoms with E-state index < -0.39 is 24.0 Å². The molecular formula is C13H15NO5. The lowest BCUT2D eigenvalue weighted by Gasteiger charge is -2.22. The molecule has 1 aliphatic heterocycles. The molecule has 1 heterocycles. The van der Waals surface area contributed by atoms with Crippen LogP contribution in [0.5, 0.6) is 5.75 Å². The number of phenols is 1. The number of likely N-dealkylation sites (tertiary alicyclic amines) is 1. The molecule has 6 nitrogen and oxygen atoms in total. The fourth-order valence-corrected chi connectivity index (χ4v) is 2.28. The molecule has 2 atom stereocenters. The van der Waals surface area contributed by atoms with E-state index in [0.717, 1.165) is 4.90 Å². The number of carboxylic acid groups (broad SMARTS) is 1. The Balaban J connectivity index is 2.33. The average molecular weight is 265 g/mol. The molecule has 1 aromatic carbocycles. The predicted molar refractivity (Wildman–Crippen MR) is 65.9 cm³/mol. The number of rotatable bonds is 2. The van der Waals surface area contributed by atoms with Gasteiger partial charge < -0.3 is 20.2 Å². The molecule has 1 aliphatic rings. The third-order valence-corrected chi connectivity index (χ3v) is 3.36. The standard InChI is InChI=1S/C13H15NO5/c1-7-9(3-2-4-11(7)16)12(17)14-6-8(15)5-10(14)13(18)19/h2-4,8,10,15-16H,5-6H2,1H3,(H,18,19). The van der Waals surface area contributed by atoms with Crippen LogP contribution < -0.4 is 0 Å². The van der Waals surface area contributed by atoms with Crippen LogP contribution in [-0.4, -0.2) is 50.8 Å². The van der Waals surface area contributed by atoms with Crippen molar-refractivity contribution in [2.24, 2.45) is 0 Å². The highest BCUT2D eigenvalue weighted by atomic mass is 16.4. The fourth-order valence-electron chi connectivity index (χ4n) is 2.28. The first-order valence-electron chi connectivity index (χ1n) is 5.92. The van der Waals surface area contributed by atoms with Crippen LogP contribution in [0, 0.1) is 6.92 Å². The third kappa shape index (κ3) is 2.39. The summed E-state index contributed by atoms with van der Waals surface area (Å²) in [5.74, 6) is -1.64. The van der Waals surface area contributed by atoms with E-state index in [0.29, 0.717) is 5.56 Å². The van der Waals surface area contributed by atoms with Gasteiger partial charge in [0.05, 0.1) is 6.10 Å². The number of amides is 1. The average Bonchev–Trinajstić information content (AvgIpc) is 2.74. The van der Waals surface area contributed by atoms with E-state index in [1.54, 1.807) is 6.92 Å². The number of hydrogen-bond donors (Lipinski definition) is 3. The lowest BCUT2D eigenvalue weighted by atomic mass is 10.1. The molecule has 19 heavy (non-hydrogen) atoms. The van der Waals surface area contributed by atoms with Crippen LogP contribution in [0.25, 0.3) is 0 Å². The molecule has 6 heteroatoms. The number of β-amino-alcohol motifs (C(OH)–C–C–N with tert-alkyl or cyclic N) is 1. The van der Waals surface area contributed by atoms with E-state index in [-0.39, 0.29) is 24.3 Å². The van der Waals surface area contributed by atoms with Crippen LogP contribution >= 0.6 is 0 Å². The van der Waals surface area contributed by atoms with Gasteiger partial charge in [0.25, 0.3) is 5.91 Å².